The van der Waals surface area contributed by atoms with Crippen molar-refractivity contribution < 1.29 is 10.2 Å². The molecule has 1 spiro atoms. The van der Waals surface area contributed by atoms with E-state index >= 15 is 0 Å². The molecule has 1 aromatic carbocycles. The standard InChI is InChI=1S/C28H42O2/c1-21-7-5-9-27(2,18-21)25-15-24(19-28(20-25)10-3-4-11-28)14-23-13-22(8-6-12-29)16-26(30)17-23/h5,9,13,16-17,21,24-25,29-30H,3-4,6-8,10-12,14-15,18-20H2,1-2H3. The summed E-state index contributed by atoms with van der Waals surface area (Å²) in [6, 6.07) is 6.14. The Bertz CT molecular complexity index is 745. The Hall–Kier alpha value is -1.28. The number of aliphatic hydroxyl groups is 1. The first-order valence-corrected chi connectivity index (χ1v) is 12.5. The highest BCUT2D eigenvalue weighted by Crippen LogP contribution is 2.58. The molecule has 3 aliphatic rings. The van der Waals surface area contributed by atoms with Gasteiger partial charge in [-0.25, -0.2) is 0 Å². The molecule has 30 heavy (non-hydrogen) atoms. The minimum absolute atomic E-state index is 0.211. The Morgan fingerprint density at radius 2 is 1.80 bits per heavy atom. The SMILES string of the molecule is CC1CC=CC(C)(C2CC(Cc3cc(O)cc(CCCO)c3)CC3(CCCC3)C2)C1. The van der Waals surface area contributed by atoms with E-state index in [1.807, 2.05) is 12.1 Å². The van der Waals surface area contributed by atoms with Gasteiger partial charge < -0.3 is 10.2 Å². The van der Waals surface area contributed by atoms with Crippen LogP contribution in [0.25, 0.3) is 0 Å². The highest BCUT2D eigenvalue weighted by molar-refractivity contribution is 5.34. The zero-order chi connectivity index (χ0) is 21.2. The fraction of sp³-hybridized carbons (Fsp3) is 0.714. The number of benzene rings is 1. The fourth-order valence-electron chi connectivity index (χ4n) is 7.37. The van der Waals surface area contributed by atoms with Crippen molar-refractivity contribution in [1.82, 2.24) is 0 Å². The summed E-state index contributed by atoms with van der Waals surface area (Å²) >= 11 is 0. The third kappa shape index (κ3) is 4.96. The third-order valence-corrected chi connectivity index (χ3v) is 8.63. The molecule has 4 unspecified atom stereocenters. The van der Waals surface area contributed by atoms with Gasteiger partial charge in [-0.2, -0.15) is 0 Å². The lowest BCUT2D eigenvalue weighted by Crippen LogP contribution is -2.40. The van der Waals surface area contributed by atoms with Crippen molar-refractivity contribution in [3.05, 3.63) is 41.5 Å². The number of hydrogen-bond acceptors (Lipinski definition) is 2. The van der Waals surface area contributed by atoms with Crippen molar-refractivity contribution in [3.63, 3.8) is 0 Å². The second kappa shape index (κ2) is 9.07. The molecule has 2 N–H and O–H groups in total. The van der Waals surface area contributed by atoms with Gasteiger partial charge in [0.2, 0.25) is 0 Å². The molecule has 4 rings (SSSR count). The molecule has 2 fully saturated rings. The molecule has 0 bridgehead atoms. The van der Waals surface area contributed by atoms with Crippen molar-refractivity contribution in [1.29, 1.82) is 0 Å². The van der Waals surface area contributed by atoms with Gasteiger partial charge in [-0.1, -0.05) is 44.9 Å². The zero-order valence-corrected chi connectivity index (χ0v) is 19.2. The number of rotatable bonds is 6. The van der Waals surface area contributed by atoms with Crippen molar-refractivity contribution in [2.75, 3.05) is 6.61 Å². The summed E-state index contributed by atoms with van der Waals surface area (Å²) in [7, 11) is 0. The zero-order valence-electron chi connectivity index (χ0n) is 19.2. The summed E-state index contributed by atoms with van der Waals surface area (Å²) in [6.45, 7) is 5.17. The molecule has 1 aromatic rings. The average Bonchev–Trinajstić information content (AvgIpc) is 3.12. The number of aromatic hydroxyl groups is 1. The van der Waals surface area contributed by atoms with Crippen LogP contribution in [-0.2, 0) is 12.8 Å². The number of phenols is 1. The first-order chi connectivity index (χ1) is 14.4. The average molecular weight is 411 g/mol. The molecular formula is C28H42O2. The molecule has 0 aromatic heterocycles. The van der Waals surface area contributed by atoms with Crippen LogP contribution in [0.3, 0.4) is 0 Å². The summed E-state index contributed by atoms with van der Waals surface area (Å²) in [4.78, 5) is 0. The maximum Gasteiger partial charge on any atom is 0.116 e. The van der Waals surface area contributed by atoms with Crippen molar-refractivity contribution in [2.24, 2.45) is 28.6 Å². The topological polar surface area (TPSA) is 40.5 Å². The predicted octanol–water partition coefficient (Wildman–Crippen LogP) is 6.83. The second-order valence-corrected chi connectivity index (χ2v) is 11.4. The Balaban J connectivity index is 1.54. The van der Waals surface area contributed by atoms with Crippen LogP contribution in [0.1, 0.15) is 89.2 Å². The fourth-order valence-corrected chi connectivity index (χ4v) is 7.37. The molecule has 0 heterocycles. The van der Waals surface area contributed by atoms with Gasteiger partial charge >= 0.3 is 0 Å². The van der Waals surface area contributed by atoms with Gasteiger partial charge in [0.25, 0.3) is 0 Å². The van der Waals surface area contributed by atoms with Crippen LogP contribution in [-0.4, -0.2) is 16.8 Å². The summed E-state index contributed by atoms with van der Waals surface area (Å²) in [6.07, 6.45) is 20.1. The minimum atomic E-state index is 0.211. The van der Waals surface area contributed by atoms with E-state index in [4.69, 9.17) is 0 Å². The van der Waals surface area contributed by atoms with Gasteiger partial charge in [0.15, 0.2) is 0 Å². The van der Waals surface area contributed by atoms with E-state index < -0.39 is 0 Å². The Morgan fingerprint density at radius 1 is 1.03 bits per heavy atom. The first-order valence-electron chi connectivity index (χ1n) is 12.5. The van der Waals surface area contributed by atoms with Gasteiger partial charge in [0.05, 0.1) is 0 Å². The second-order valence-electron chi connectivity index (χ2n) is 11.4. The molecule has 2 heteroatoms. The predicted molar refractivity (Wildman–Crippen MR) is 125 cm³/mol. The molecule has 0 radical (unpaired) electrons. The van der Waals surface area contributed by atoms with E-state index in [2.05, 4.69) is 32.1 Å². The van der Waals surface area contributed by atoms with Crippen molar-refractivity contribution in [3.8, 4) is 5.75 Å². The van der Waals surface area contributed by atoms with Crippen molar-refractivity contribution in [2.45, 2.75) is 90.9 Å². The first kappa shape index (κ1) is 21.9. The normalized spacial score (nSPS) is 33.2. The summed E-state index contributed by atoms with van der Waals surface area (Å²) in [5.74, 6) is 2.70. The lowest BCUT2D eigenvalue weighted by Gasteiger charge is -2.50. The van der Waals surface area contributed by atoms with Gasteiger partial charge in [-0.05, 0) is 116 Å². The molecule has 0 saturated heterocycles. The number of aliphatic hydroxyl groups excluding tert-OH is 1. The molecule has 166 valence electrons. The lowest BCUT2D eigenvalue weighted by molar-refractivity contribution is 0.0309. The van der Waals surface area contributed by atoms with E-state index in [0.29, 0.717) is 16.6 Å². The van der Waals surface area contributed by atoms with Crippen LogP contribution < -0.4 is 0 Å². The summed E-state index contributed by atoms with van der Waals surface area (Å²) in [5, 5.41) is 19.5. The Morgan fingerprint density at radius 3 is 2.53 bits per heavy atom. The van der Waals surface area contributed by atoms with Gasteiger partial charge in [0.1, 0.15) is 5.75 Å². The highest BCUT2D eigenvalue weighted by atomic mass is 16.3. The maximum atomic E-state index is 10.3. The van der Waals surface area contributed by atoms with Gasteiger partial charge in [-0.3, -0.25) is 0 Å². The van der Waals surface area contributed by atoms with Crippen LogP contribution in [0.15, 0.2) is 30.4 Å². The van der Waals surface area contributed by atoms with Crippen molar-refractivity contribution >= 4 is 0 Å². The third-order valence-electron chi connectivity index (χ3n) is 8.63. The van der Waals surface area contributed by atoms with E-state index in [9.17, 15) is 10.2 Å². The quantitative estimate of drug-likeness (QED) is 0.505. The van der Waals surface area contributed by atoms with E-state index in [1.54, 1.807) is 0 Å². The maximum absolute atomic E-state index is 10.3. The van der Waals surface area contributed by atoms with Crippen LogP contribution in [0, 0.1) is 28.6 Å². The van der Waals surface area contributed by atoms with Crippen LogP contribution in [0.5, 0.6) is 5.75 Å². The Kier molecular flexibility index (Phi) is 6.63. The van der Waals surface area contributed by atoms with Gasteiger partial charge in [-0.15, -0.1) is 0 Å². The number of phenolic OH excluding ortho intramolecular Hbond substituents is 1. The van der Waals surface area contributed by atoms with Crippen LogP contribution in [0.4, 0.5) is 0 Å². The van der Waals surface area contributed by atoms with Gasteiger partial charge in [0, 0.05) is 6.61 Å². The molecule has 3 aliphatic carbocycles. The molecule has 0 aliphatic heterocycles. The molecule has 2 saturated carbocycles. The van der Waals surface area contributed by atoms with Crippen LogP contribution in [0.2, 0.25) is 0 Å². The highest BCUT2D eigenvalue weighted by Gasteiger charge is 2.47. The minimum Gasteiger partial charge on any atom is -0.508 e. The largest absolute Gasteiger partial charge is 0.508 e. The Labute approximate surface area is 183 Å². The number of hydrogen-bond donors (Lipinski definition) is 2. The molecule has 4 atom stereocenters. The van der Waals surface area contributed by atoms with E-state index in [0.717, 1.165) is 42.6 Å². The lowest BCUT2D eigenvalue weighted by atomic mass is 9.55. The molecule has 0 amide bonds. The summed E-state index contributed by atoms with van der Waals surface area (Å²) in [5.41, 5.74) is 3.39. The number of aryl methyl sites for hydroxylation is 1. The van der Waals surface area contributed by atoms with Crippen LogP contribution >= 0.6 is 0 Å². The van der Waals surface area contributed by atoms with E-state index in [-0.39, 0.29) is 6.61 Å². The van der Waals surface area contributed by atoms with E-state index in [1.165, 1.54) is 63.4 Å². The molecule has 2 nitrogen and oxygen atoms in total. The summed E-state index contributed by atoms with van der Waals surface area (Å²) < 4.78 is 0. The smallest absolute Gasteiger partial charge is 0.116 e. The number of allylic oxidation sites excluding steroid dienone is 2. The molecular weight excluding hydrogens is 368 g/mol. The monoisotopic (exact) mass is 410 g/mol.